The van der Waals surface area contributed by atoms with E-state index >= 15 is 0 Å². The summed E-state index contributed by atoms with van der Waals surface area (Å²) in [4.78, 5) is 25.5. The topological polar surface area (TPSA) is 75.4 Å². The van der Waals surface area contributed by atoms with Gasteiger partial charge >= 0.3 is 5.97 Å². The second-order valence-electron chi connectivity index (χ2n) is 6.24. The molecule has 0 radical (unpaired) electrons. The Labute approximate surface area is 140 Å². The highest BCUT2D eigenvalue weighted by Crippen LogP contribution is 2.27. The zero-order valence-corrected chi connectivity index (χ0v) is 13.7. The van der Waals surface area contributed by atoms with Gasteiger partial charge in [0.15, 0.2) is 0 Å². The molecule has 1 N–H and O–H groups in total. The van der Waals surface area contributed by atoms with Gasteiger partial charge in [-0.2, -0.15) is 5.10 Å². The highest BCUT2D eigenvalue weighted by molar-refractivity contribution is 5.87. The summed E-state index contributed by atoms with van der Waals surface area (Å²) in [5.41, 5.74) is 2.25. The first kappa shape index (κ1) is 16.2. The lowest BCUT2D eigenvalue weighted by molar-refractivity contribution is -0.133. The van der Waals surface area contributed by atoms with Crippen LogP contribution in [0, 0.1) is 6.92 Å². The van der Waals surface area contributed by atoms with E-state index in [0.717, 1.165) is 30.6 Å². The number of aryl methyl sites for hydroxylation is 1. The zero-order chi connectivity index (χ0) is 17.1. The highest BCUT2D eigenvalue weighted by atomic mass is 16.4. The highest BCUT2D eigenvalue weighted by Gasteiger charge is 2.25. The van der Waals surface area contributed by atoms with Crippen LogP contribution in [0.5, 0.6) is 0 Å². The summed E-state index contributed by atoms with van der Waals surface area (Å²) < 4.78 is 1.71. The molecule has 3 rings (SSSR count). The lowest BCUT2D eigenvalue weighted by Crippen LogP contribution is -2.41. The monoisotopic (exact) mass is 327 g/mol. The number of likely N-dealkylation sites (tertiary alicyclic amines) is 1. The lowest BCUT2D eigenvalue weighted by Gasteiger charge is -2.33. The van der Waals surface area contributed by atoms with Gasteiger partial charge in [-0.15, -0.1) is 0 Å². The van der Waals surface area contributed by atoms with E-state index in [1.807, 2.05) is 24.0 Å². The molecule has 0 bridgehead atoms. The summed E-state index contributed by atoms with van der Waals surface area (Å²) in [6, 6.07) is 8.91. The predicted octanol–water partition coefficient (Wildman–Crippen LogP) is 2.30. The molecule has 1 aliphatic heterocycles. The molecule has 2 aromatic rings. The van der Waals surface area contributed by atoms with Gasteiger partial charge in [0.05, 0.1) is 5.56 Å². The Hall–Kier alpha value is -2.63. The smallest absolute Gasteiger partial charge is 0.335 e. The van der Waals surface area contributed by atoms with E-state index in [2.05, 4.69) is 5.10 Å². The predicted molar refractivity (Wildman–Crippen MR) is 88.9 cm³/mol. The summed E-state index contributed by atoms with van der Waals surface area (Å²) in [7, 11) is 0. The molecule has 126 valence electrons. The fraction of sp³-hybridized carbons (Fsp3) is 0.389. The zero-order valence-electron chi connectivity index (χ0n) is 13.7. The van der Waals surface area contributed by atoms with Crippen molar-refractivity contribution in [2.75, 3.05) is 13.1 Å². The first-order valence-electron chi connectivity index (χ1n) is 8.14. The van der Waals surface area contributed by atoms with Crippen molar-refractivity contribution in [3.63, 3.8) is 0 Å². The standard InChI is InChI=1S/C18H21N3O3/c1-13-7-8-19-21(13)12-17(22)20-9-3-6-16(11-20)14-4-2-5-15(10-14)18(23)24/h2,4-5,7-8,10,16H,3,6,9,11-12H2,1H3,(H,23,24)/t16-/m1/s1. The Morgan fingerprint density at radius 3 is 2.88 bits per heavy atom. The largest absolute Gasteiger partial charge is 0.478 e. The maximum absolute atomic E-state index is 12.5. The molecule has 6 nitrogen and oxygen atoms in total. The van der Waals surface area contributed by atoms with Gasteiger partial charge in [-0.05, 0) is 43.5 Å². The minimum Gasteiger partial charge on any atom is -0.478 e. The molecule has 2 heterocycles. The summed E-state index contributed by atoms with van der Waals surface area (Å²) in [5, 5.41) is 13.3. The van der Waals surface area contributed by atoms with E-state index in [0.29, 0.717) is 12.1 Å². The van der Waals surface area contributed by atoms with Gasteiger partial charge in [-0.25, -0.2) is 4.79 Å². The lowest BCUT2D eigenvalue weighted by atomic mass is 9.89. The van der Waals surface area contributed by atoms with Gasteiger partial charge in [0, 0.05) is 30.9 Å². The number of rotatable bonds is 4. The van der Waals surface area contributed by atoms with Gasteiger partial charge in [-0.3, -0.25) is 9.48 Å². The molecular formula is C18H21N3O3. The fourth-order valence-electron chi connectivity index (χ4n) is 3.19. The van der Waals surface area contributed by atoms with Gasteiger partial charge in [0.25, 0.3) is 0 Å². The molecule has 1 aromatic carbocycles. The van der Waals surface area contributed by atoms with Crippen LogP contribution in [-0.4, -0.2) is 44.8 Å². The number of nitrogens with zero attached hydrogens (tertiary/aromatic N) is 3. The van der Waals surface area contributed by atoms with Gasteiger partial charge < -0.3 is 10.0 Å². The van der Waals surface area contributed by atoms with Crippen molar-refractivity contribution in [2.45, 2.75) is 32.2 Å². The Bertz CT molecular complexity index is 753. The molecule has 6 heteroatoms. The maximum Gasteiger partial charge on any atom is 0.335 e. The fourth-order valence-corrected chi connectivity index (χ4v) is 3.19. The molecule has 1 atom stereocenters. The molecular weight excluding hydrogens is 306 g/mol. The number of hydrogen-bond donors (Lipinski definition) is 1. The molecule has 1 amide bonds. The van der Waals surface area contributed by atoms with Crippen LogP contribution in [0.3, 0.4) is 0 Å². The average Bonchev–Trinajstić information content (AvgIpc) is 3.00. The van der Waals surface area contributed by atoms with E-state index in [9.17, 15) is 9.59 Å². The summed E-state index contributed by atoms with van der Waals surface area (Å²) in [6.45, 7) is 3.55. The number of benzene rings is 1. The molecule has 0 saturated carbocycles. The molecule has 24 heavy (non-hydrogen) atoms. The van der Waals surface area contributed by atoms with Crippen molar-refractivity contribution in [1.82, 2.24) is 14.7 Å². The summed E-state index contributed by atoms with van der Waals surface area (Å²) in [6.07, 6.45) is 3.58. The molecule has 0 aliphatic carbocycles. The molecule has 1 aliphatic rings. The average molecular weight is 327 g/mol. The maximum atomic E-state index is 12.5. The third kappa shape index (κ3) is 3.48. The Morgan fingerprint density at radius 1 is 1.33 bits per heavy atom. The van der Waals surface area contributed by atoms with E-state index in [1.54, 1.807) is 29.1 Å². The van der Waals surface area contributed by atoms with Crippen molar-refractivity contribution in [3.8, 4) is 0 Å². The molecule has 1 fully saturated rings. The minimum atomic E-state index is -0.922. The number of aromatic nitrogens is 2. The van der Waals surface area contributed by atoms with Crippen LogP contribution in [0.15, 0.2) is 36.5 Å². The van der Waals surface area contributed by atoms with E-state index in [1.165, 1.54) is 0 Å². The van der Waals surface area contributed by atoms with Crippen molar-refractivity contribution < 1.29 is 14.7 Å². The van der Waals surface area contributed by atoms with Crippen LogP contribution in [0.1, 0.15) is 40.4 Å². The van der Waals surface area contributed by atoms with Crippen LogP contribution < -0.4 is 0 Å². The number of carbonyl (C=O) groups excluding carboxylic acids is 1. The molecule has 0 unspecified atom stereocenters. The summed E-state index contributed by atoms with van der Waals surface area (Å²) >= 11 is 0. The van der Waals surface area contributed by atoms with Gasteiger partial charge in [-0.1, -0.05) is 12.1 Å². The Balaban J connectivity index is 1.70. The number of piperidine rings is 1. The third-order valence-corrected chi connectivity index (χ3v) is 4.59. The molecule has 0 spiro atoms. The van der Waals surface area contributed by atoms with Crippen LogP contribution in [-0.2, 0) is 11.3 Å². The van der Waals surface area contributed by atoms with Crippen LogP contribution in [0.2, 0.25) is 0 Å². The van der Waals surface area contributed by atoms with Crippen molar-refractivity contribution >= 4 is 11.9 Å². The van der Waals surface area contributed by atoms with Crippen LogP contribution in [0.25, 0.3) is 0 Å². The van der Waals surface area contributed by atoms with Gasteiger partial charge in [0.1, 0.15) is 6.54 Å². The van der Waals surface area contributed by atoms with E-state index in [4.69, 9.17) is 5.11 Å². The Kier molecular flexibility index (Phi) is 4.64. The number of aromatic carboxylic acids is 1. The van der Waals surface area contributed by atoms with Crippen LogP contribution in [0.4, 0.5) is 0 Å². The summed E-state index contributed by atoms with van der Waals surface area (Å²) in [5.74, 6) is -0.684. The number of amides is 1. The third-order valence-electron chi connectivity index (χ3n) is 4.59. The normalized spacial score (nSPS) is 17.7. The van der Waals surface area contributed by atoms with Crippen molar-refractivity contribution in [2.24, 2.45) is 0 Å². The molecule has 1 saturated heterocycles. The first-order chi connectivity index (χ1) is 11.5. The van der Waals surface area contributed by atoms with Crippen molar-refractivity contribution in [1.29, 1.82) is 0 Å². The number of carboxylic acids is 1. The number of carbonyl (C=O) groups is 2. The second kappa shape index (κ2) is 6.86. The van der Waals surface area contributed by atoms with Crippen LogP contribution >= 0.6 is 0 Å². The van der Waals surface area contributed by atoms with E-state index < -0.39 is 5.97 Å². The number of hydrogen-bond acceptors (Lipinski definition) is 3. The second-order valence-corrected chi connectivity index (χ2v) is 6.24. The van der Waals surface area contributed by atoms with Gasteiger partial charge in [0.2, 0.25) is 5.91 Å². The first-order valence-corrected chi connectivity index (χ1v) is 8.14. The van der Waals surface area contributed by atoms with Crippen molar-refractivity contribution in [3.05, 3.63) is 53.3 Å². The molecule has 1 aromatic heterocycles. The SMILES string of the molecule is Cc1ccnn1CC(=O)N1CCC[C@@H](c2cccc(C(=O)O)c2)C1. The minimum absolute atomic E-state index is 0.0564. The Morgan fingerprint density at radius 2 is 2.17 bits per heavy atom. The number of carboxylic acid groups (broad SMARTS) is 1. The quantitative estimate of drug-likeness (QED) is 0.935. The van der Waals surface area contributed by atoms with E-state index in [-0.39, 0.29) is 18.4 Å².